The summed E-state index contributed by atoms with van der Waals surface area (Å²) in [5.74, 6) is 0.0139. The highest BCUT2D eigenvalue weighted by atomic mass is 16.5. The van der Waals surface area contributed by atoms with Crippen LogP contribution in [0.5, 0.6) is 5.75 Å². The van der Waals surface area contributed by atoms with Gasteiger partial charge in [-0.1, -0.05) is 6.07 Å². The summed E-state index contributed by atoms with van der Waals surface area (Å²) < 4.78 is 5.22. The number of aliphatic carboxylic acids is 1. The lowest BCUT2D eigenvalue weighted by Gasteiger charge is -2.16. The molecule has 3 N–H and O–H groups in total. The van der Waals surface area contributed by atoms with Gasteiger partial charge in [-0.2, -0.15) is 0 Å². The van der Waals surface area contributed by atoms with Crippen molar-refractivity contribution in [2.24, 2.45) is 5.73 Å². The van der Waals surface area contributed by atoms with Crippen LogP contribution in [0.25, 0.3) is 0 Å². The minimum Gasteiger partial charge on any atom is -0.496 e. The number of nitrogens with two attached hydrogens (primary N) is 1. The standard InChI is InChI=1S/C13H19NO3/c1-8-7-12(17-3)9(2)6-10(8)11(14)4-5-13(15)16/h6-7,11H,4-5,14H2,1-3H3,(H,15,16). The molecule has 0 spiro atoms. The van der Waals surface area contributed by atoms with Crippen LogP contribution in [-0.2, 0) is 4.79 Å². The summed E-state index contributed by atoms with van der Waals surface area (Å²) in [4.78, 5) is 10.5. The van der Waals surface area contributed by atoms with E-state index >= 15 is 0 Å². The molecule has 0 saturated carbocycles. The summed E-state index contributed by atoms with van der Waals surface area (Å²) in [7, 11) is 1.63. The van der Waals surface area contributed by atoms with Gasteiger partial charge in [-0.05, 0) is 43.0 Å². The summed E-state index contributed by atoms with van der Waals surface area (Å²) >= 11 is 0. The van der Waals surface area contributed by atoms with Gasteiger partial charge in [0.2, 0.25) is 0 Å². The van der Waals surface area contributed by atoms with Crippen LogP contribution in [0.4, 0.5) is 0 Å². The molecule has 1 aromatic rings. The van der Waals surface area contributed by atoms with Gasteiger partial charge in [0.25, 0.3) is 0 Å². The lowest BCUT2D eigenvalue weighted by Crippen LogP contribution is -2.14. The highest BCUT2D eigenvalue weighted by Crippen LogP contribution is 2.27. The van der Waals surface area contributed by atoms with Crippen LogP contribution in [0, 0.1) is 13.8 Å². The van der Waals surface area contributed by atoms with Crippen LogP contribution in [0.15, 0.2) is 12.1 Å². The number of rotatable bonds is 5. The second kappa shape index (κ2) is 5.68. The number of ether oxygens (including phenoxy) is 1. The molecule has 17 heavy (non-hydrogen) atoms. The number of benzene rings is 1. The molecule has 94 valence electrons. The van der Waals surface area contributed by atoms with Gasteiger partial charge in [0.05, 0.1) is 7.11 Å². The Bertz CT molecular complexity index is 415. The van der Waals surface area contributed by atoms with Crippen molar-refractivity contribution < 1.29 is 14.6 Å². The number of hydrogen-bond acceptors (Lipinski definition) is 3. The Morgan fingerprint density at radius 3 is 2.59 bits per heavy atom. The number of carboxylic acid groups (broad SMARTS) is 1. The van der Waals surface area contributed by atoms with Crippen LogP contribution in [0.2, 0.25) is 0 Å². The fourth-order valence-electron chi connectivity index (χ4n) is 1.87. The molecular weight excluding hydrogens is 218 g/mol. The number of carboxylic acids is 1. The Hall–Kier alpha value is -1.55. The summed E-state index contributed by atoms with van der Waals surface area (Å²) in [6.07, 6.45) is 0.535. The van der Waals surface area contributed by atoms with Crippen LogP contribution in [-0.4, -0.2) is 18.2 Å². The van der Waals surface area contributed by atoms with Gasteiger partial charge in [0.15, 0.2) is 0 Å². The lowest BCUT2D eigenvalue weighted by molar-refractivity contribution is -0.137. The van der Waals surface area contributed by atoms with Crippen molar-refractivity contribution in [1.29, 1.82) is 0 Å². The van der Waals surface area contributed by atoms with Crippen LogP contribution < -0.4 is 10.5 Å². The summed E-state index contributed by atoms with van der Waals surface area (Å²) in [5.41, 5.74) is 9.04. The predicted molar refractivity (Wildman–Crippen MR) is 66.3 cm³/mol. The molecule has 4 heteroatoms. The SMILES string of the molecule is COc1cc(C)c(C(N)CCC(=O)O)cc1C. The van der Waals surface area contributed by atoms with E-state index in [9.17, 15) is 4.79 Å². The quantitative estimate of drug-likeness (QED) is 0.823. The van der Waals surface area contributed by atoms with Crippen molar-refractivity contribution in [1.82, 2.24) is 0 Å². The zero-order valence-electron chi connectivity index (χ0n) is 10.5. The normalized spacial score (nSPS) is 12.2. The largest absolute Gasteiger partial charge is 0.496 e. The van der Waals surface area contributed by atoms with Crippen molar-refractivity contribution in [2.45, 2.75) is 32.7 Å². The minimum atomic E-state index is -0.816. The summed E-state index contributed by atoms with van der Waals surface area (Å²) in [5, 5.41) is 8.64. The van der Waals surface area contributed by atoms with Crippen molar-refractivity contribution in [3.05, 3.63) is 28.8 Å². The van der Waals surface area contributed by atoms with E-state index in [1.807, 2.05) is 26.0 Å². The monoisotopic (exact) mass is 237 g/mol. The zero-order chi connectivity index (χ0) is 13.0. The first-order valence-electron chi connectivity index (χ1n) is 5.58. The van der Waals surface area contributed by atoms with Gasteiger partial charge < -0.3 is 15.6 Å². The average Bonchev–Trinajstić information content (AvgIpc) is 2.28. The maximum absolute atomic E-state index is 10.5. The third-order valence-electron chi connectivity index (χ3n) is 2.85. The molecule has 1 rings (SSSR count). The van der Waals surface area contributed by atoms with Gasteiger partial charge in [0, 0.05) is 12.5 Å². The highest BCUT2D eigenvalue weighted by Gasteiger charge is 2.13. The zero-order valence-corrected chi connectivity index (χ0v) is 10.5. The van der Waals surface area contributed by atoms with E-state index in [4.69, 9.17) is 15.6 Å². The van der Waals surface area contributed by atoms with Crippen molar-refractivity contribution in [2.75, 3.05) is 7.11 Å². The Labute approximate surface area is 101 Å². The van der Waals surface area contributed by atoms with Gasteiger partial charge >= 0.3 is 5.97 Å². The second-order valence-electron chi connectivity index (χ2n) is 4.22. The van der Waals surface area contributed by atoms with Crippen molar-refractivity contribution in [3.8, 4) is 5.75 Å². The summed E-state index contributed by atoms with van der Waals surface area (Å²) in [6.45, 7) is 3.91. The second-order valence-corrected chi connectivity index (χ2v) is 4.22. The average molecular weight is 237 g/mol. The molecule has 0 radical (unpaired) electrons. The number of aryl methyl sites for hydroxylation is 2. The van der Waals surface area contributed by atoms with Crippen molar-refractivity contribution >= 4 is 5.97 Å². The van der Waals surface area contributed by atoms with Gasteiger partial charge in [-0.3, -0.25) is 4.79 Å². The number of methoxy groups -OCH3 is 1. The highest BCUT2D eigenvalue weighted by molar-refractivity contribution is 5.66. The molecule has 0 saturated heterocycles. The van der Waals surface area contributed by atoms with Crippen LogP contribution >= 0.6 is 0 Å². The molecule has 0 aliphatic carbocycles. The smallest absolute Gasteiger partial charge is 0.303 e. The van der Waals surface area contributed by atoms with E-state index in [1.54, 1.807) is 7.11 Å². The Morgan fingerprint density at radius 1 is 1.41 bits per heavy atom. The fourth-order valence-corrected chi connectivity index (χ4v) is 1.87. The molecule has 0 fully saturated rings. The van der Waals surface area contributed by atoms with E-state index in [0.29, 0.717) is 6.42 Å². The van der Waals surface area contributed by atoms with Gasteiger partial charge in [-0.15, -0.1) is 0 Å². The molecule has 0 aromatic heterocycles. The molecule has 0 amide bonds. The molecule has 0 aliphatic heterocycles. The molecule has 1 aromatic carbocycles. The molecule has 1 unspecified atom stereocenters. The minimum absolute atomic E-state index is 0.0890. The third kappa shape index (κ3) is 3.46. The van der Waals surface area contributed by atoms with Crippen molar-refractivity contribution in [3.63, 3.8) is 0 Å². The van der Waals surface area contributed by atoms with Gasteiger partial charge in [0.1, 0.15) is 5.75 Å². The molecule has 0 heterocycles. The third-order valence-corrected chi connectivity index (χ3v) is 2.85. The van der Waals surface area contributed by atoms with E-state index in [0.717, 1.165) is 22.4 Å². The predicted octanol–water partition coefficient (Wildman–Crippen LogP) is 2.18. The molecule has 4 nitrogen and oxygen atoms in total. The molecule has 1 atom stereocenters. The van der Waals surface area contributed by atoms with Gasteiger partial charge in [-0.25, -0.2) is 0 Å². The first kappa shape index (κ1) is 13.5. The van der Waals surface area contributed by atoms with E-state index in [1.165, 1.54) is 0 Å². The number of hydrogen-bond donors (Lipinski definition) is 2. The molecular formula is C13H19NO3. The Kier molecular flexibility index (Phi) is 4.52. The molecule has 0 bridgehead atoms. The first-order chi connectivity index (χ1) is 7.95. The lowest BCUT2D eigenvalue weighted by atomic mass is 9.96. The first-order valence-corrected chi connectivity index (χ1v) is 5.58. The van der Waals surface area contributed by atoms with E-state index < -0.39 is 5.97 Å². The number of carbonyl (C=O) groups is 1. The maximum atomic E-state index is 10.5. The van der Waals surface area contributed by atoms with Crippen LogP contribution in [0.3, 0.4) is 0 Å². The Morgan fingerprint density at radius 2 is 2.06 bits per heavy atom. The topological polar surface area (TPSA) is 72.5 Å². The molecule has 0 aliphatic rings. The summed E-state index contributed by atoms with van der Waals surface area (Å²) in [6, 6.07) is 3.67. The van der Waals surface area contributed by atoms with E-state index in [2.05, 4.69) is 0 Å². The fraction of sp³-hybridized carbons (Fsp3) is 0.462. The maximum Gasteiger partial charge on any atom is 0.303 e. The van der Waals surface area contributed by atoms with Crippen LogP contribution in [0.1, 0.15) is 35.6 Å². The van der Waals surface area contributed by atoms with E-state index in [-0.39, 0.29) is 12.5 Å². The Balaban J connectivity index is 2.90.